The molecule has 212 valence electrons. The molecule has 1 heteroatoms. The smallest absolute Gasteiger partial charge is 0.135 e. The van der Waals surface area contributed by atoms with Crippen LogP contribution in [0, 0.1) is 0 Å². The molecule has 0 fully saturated rings. The van der Waals surface area contributed by atoms with Crippen LogP contribution in [0.25, 0.3) is 66.1 Å². The van der Waals surface area contributed by atoms with Gasteiger partial charge in [-0.3, -0.25) is 0 Å². The van der Waals surface area contributed by atoms with Crippen LogP contribution in [-0.2, 0) is 5.41 Å². The minimum absolute atomic E-state index is 0.424. The van der Waals surface area contributed by atoms with Crippen molar-refractivity contribution in [3.63, 3.8) is 0 Å². The first-order chi connectivity index (χ1) is 22.8. The Morgan fingerprint density at radius 2 is 0.935 bits per heavy atom. The first-order valence-electron chi connectivity index (χ1n) is 16.0. The lowest BCUT2D eigenvalue weighted by Gasteiger charge is -2.31. The van der Waals surface area contributed by atoms with Gasteiger partial charge >= 0.3 is 0 Å². The number of hydrogen-bond acceptors (Lipinski definition) is 1. The largest absolute Gasteiger partial charge is 0.456 e. The molecular weight excluding hydrogens is 556 g/mol. The Labute approximate surface area is 267 Å². The summed E-state index contributed by atoms with van der Waals surface area (Å²) < 4.78 is 6.63. The van der Waals surface area contributed by atoms with E-state index in [0.717, 1.165) is 17.1 Å². The number of hydrogen-bond donors (Lipinski definition) is 0. The Morgan fingerprint density at radius 1 is 0.348 bits per heavy atom. The third-order valence-electron chi connectivity index (χ3n) is 10.7. The lowest BCUT2D eigenvalue weighted by Crippen LogP contribution is -2.26. The molecule has 3 aliphatic rings. The lowest BCUT2D eigenvalue weighted by molar-refractivity contribution is 0.487. The van der Waals surface area contributed by atoms with E-state index < -0.39 is 5.41 Å². The van der Waals surface area contributed by atoms with Gasteiger partial charge < -0.3 is 4.74 Å². The molecule has 46 heavy (non-hydrogen) atoms. The molecule has 0 saturated carbocycles. The van der Waals surface area contributed by atoms with Gasteiger partial charge in [-0.1, -0.05) is 146 Å². The average Bonchev–Trinajstić information content (AvgIpc) is 3.59. The van der Waals surface area contributed by atoms with Gasteiger partial charge in [0.15, 0.2) is 0 Å². The summed E-state index contributed by atoms with van der Waals surface area (Å²) in [6, 6.07) is 58.2. The molecule has 0 amide bonds. The summed E-state index contributed by atoms with van der Waals surface area (Å²) in [5.74, 6) is 1.83. The van der Waals surface area contributed by atoms with Crippen LogP contribution in [0.4, 0.5) is 0 Å². The van der Waals surface area contributed by atoms with Gasteiger partial charge in [-0.05, 0) is 89.5 Å². The molecule has 1 nitrogen and oxygen atoms in total. The highest BCUT2D eigenvalue weighted by Gasteiger charge is 2.53. The monoisotopic (exact) mass is 582 g/mol. The van der Waals surface area contributed by atoms with Gasteiger partial charge in [0.1, 0.15) is 11.5 Å². The topological polar surface area (TPSA) is 9.23 Å². The van der Waals surface area contributed by atoms with Crippen molar-refractivity contribution in [1.29, 1.82) is 0 Å². The molecule has 0 radical (unpaired) electrons. The highest BCUT2D eigenvalue weighted by molar-refractivity contribution is 6.10. The van der Waals surface area contributed by atoms with Crippen molar-refractivity contribution in [2.45, 2.75) is 5.41 Å². The lowest BCUT2D eigenvalue weighted by atomic mass is 9.69. The van der Waals surface area contributed by atoms with Crippen molar-refractivity contribution >= 4 is 21.5 Å². The van der Waals surface area contributed by atoms with E-state index in [2.05, 4.69) is 158 Å². The summed E-state index contributed by atoms with van der Waals surface area (Å²) in [6.07, 6.45) is 0. The molecule has 0 N–H and O–H groups in total. The highest BCUT2D eigenvalue weighted by atomic mass is 16.5. The molecule has 8 aromatic rings. The van der Waals surface area contributed by atoms with Crippen molar-refractivity contribution in [3.05, 3.63) is 180 Å². The molecule has 8 aromatic carbocycles. The van der Waals surface area contributed by atoms with Crippen LogP contribution in [0.3, 0.4) is 0 Å². The van der Waals surface area contributed by atoms with Gasteiger partial charge in [0.05, 0.1) is 5.41 Å². The maximum atomic E-state index is 6.63. The molecule has 11 rings (SSSR count). The second-order valence-electron chi connectivity index (χ2n) is 12.7. The summed E-state index contributed by atoms with van der Waals surface area (Å²) in [5, 5.41) is 4.97. The van der Waals surface area contributed by atoms with Crippen LogP contribution >= 0.6 is 0 Å². The molecule has 1 unspecified atom stereocenters. The first-order valence-corrected chi connectivity index (χ1v) is 16.0. The summed E-state index contributed by atoms with van der Waals surface area (Å²) >= 11 is 0. The van der Waals surface area contributed by atoms with Gasteiger partial charge in [-0.15, -0.1) is 0 Å². The fraction of sp³-hybridized carbons (Fsp3) is 0.0222. The number of benzene rings is 8. The molecule has 0 bridgehead atoms. The van der Waals surface area contributed by atoms with Crippen LogP contribution in [0.2, 0.25) is 0 Å². The van der Waals surface area contributed by atoms with Crippen molar-refractivity contribution in [3.8, 4) is 56.0 Å². The quantitative estimate of drug-likeness (QED) is 0.187. The van der Waals surface area contributed by atoms with Crippen molar-refractivity contribution in [2.24, 2.45) is 0 Å². The van der Waals surface area contributed by atoms with E-state index in [1.165, 1.54) is 82.7 Å². The number of ether oxygens (including phenoxy) is 1. The minimum Gasteiger partial charge on any atom is -0.456 e. The average molecular weight is 583 g/mol. The third kappa shape index (κ3) is 2.83. The van der Waals surface area contributed by atoms with E-state index in [4.69, 9.17) is 4.74 Å². The van der Waals surface area contributed by atoms with Crippen LogP contribution in [-0.4, -0.2) is 0 Å². The SMILES string of the molecule is c1ccc2c(c1)-c1ccc3ccccc3c1C21c2ccccc2-c2c(-c3cccc4c3-c3cccc5cccc(c35)O4)cccc21. The zero-order chi connectivity index (χ0) is 30.0. The highest BCUT2D eigenvalue weighted by Crippen LogP contribution is 2.65. The van der Waals surface area contributed by atoms with Crippen molar-refractivity contribution in [1.82, 2.24) is 0 Å². The van der Waals surface area contributed by atoms with E-state index in [9.17, 15) is 0 Å². The fourth-order valence-electron chi connectivity index (χ4n) is 9.03. The van der Waals surface area contributed by atoms with Crippen LogP contribution in [0.5, 0.6) is 11.5 Å². The van der Waals surface area contributed by atoms with Crippen LogP contribution in [0.15, 0.2) is 158 Å². The van der Waals surface area contributed by atoms with Crippen molar-refractivity contribution in [2.75, 3.05) is 0 Å². The maximum absolute atomic E-state index is 6.63. The molecule has 1 atom stereocenters. The molecule has 2 aliphatic carbocycles. The summed E-state index contributed by atoms with van der Waals surface area (Å²) in [4.78, 5) is 0. The van der Waals surface area contributed by atoms with Gasteiger partial charge in [0.25, 0.3) is 0 Å². The Bertz CT molecular complexity index is 2620. The number of fused-ring (bicyclic) bond motifs is 14. The second-order valence-corrected chi connectivity index (χ2v) is 12.7. The molecule has 0 saturated heterocycles. The third-order valence-corrected chi connectivity index (χ3v) is 10.7. The molecule has 0 aromatic heterocycles. The van der Waals surface area contributed by atoms with Gasteiger partial charge in [0.2, 0.25) is 0 Å². The maximum Gasteiger partial charge on any atom is 0.135 e. The van der Waals surface area contributed by atoms with E-state index in [0.29, 0.717) is 0 Å². The molecular formula is C45H26O. The Hall–Kier alpha value is -5.92. The predicted molar refractivity (Wildman–Crippen MR) is 189 cm³/mol. The Kier molecular flexibility index (Phi) is 4.57. The molecule has 1 heterocycles. The number of rotatable bonds is 1. The molecule has 1 spiro atoms. The van der Waals surface area contributed by atoms with Crippen LogP contribution in [0.1, 0.15) is 22.3 Å². The zero-order valence-corrected chi connectivity index (χ0v) is 24.9. The second kappa shape index (κ2) is 8.62. The van der Waals surface area contributed by atoms with Gasteiger partial charge in [0, 0.05) is 10.9 Å². The summed E-state index contributed by atoms with van der Waals surface area (Å²) in [7, 11) is 0. The van der Waals surface area contributed by atoms with E-state index >= 15 is 0 Å². The van der Waals surface area contributed by atoms with Crippen molar-refractivity contribution < 1.29 is 4.74 Å². The summed E-state index contributed by atoms with van der Waals surface area (Å²) in [5.41, 5.74) is 15.1. The normalized spacial score (nSPS) is 16.1. The molecule has 1 aliphatic heterocycles. The van der Waals surface area contributed by atoms with E-state index in [-0.39, 0.29) is 0 Å². The first kappa shape index (κ1) is 24.4. The summed E-state index contributed by atoms with van der Waals surface area (Å²) in [6.45, 7) is 0. The standard InChI is InChI=1S/C45H26O/c1-2-14-29-27(11-1)25-26-33-30-15-3-5-20-36(30)45(44(29)33)37-21-6-4-16-34(37)42-31(17-9-22-38(42)45)32-18-10-24-40-43(32)35-19-7-12-28-13-8-23-39(46-40)41(28)35/h1-26H. The minimum atomic E-state index is -0.424. The van der Waals surface area contributed by atoms with E-state index in [1.54, 1.807) is 0 Å². The van der Waals surface area contributed by atoms with Crippen LogP contribution < -0.4 is 4.74 Å². The zero-order valence-electron chi connectivity index (χ0n) is 24.9. The van der Waals surface area contributed by atoms with Gasteiger partial charge in [-0.25, -0.2) is 0 Å². The van der Waals surface area contributed by atoms with E-state index in [1.807, 2.05) is 0 Å². The van der Waals surface area contributed by atoms with Gasteiger partial charge in [-0.2, -0.15) is 0 Å². The Morgan fingerprint density at radius 3 is 1.83 bits per heavy atom. The predicted octanol–water partition coefficient (Wildman–Crippen LogP) is 11.8. The fourth-order valence-corrected chi connectivity index (χ4v) is 9.03. The Balaban J connectivity index is 1.29.